The van der Waals surface area contributed by atoms with Crippen LogP contribution in [0.25, 0.3) is 6.08 Å². The van der Waals surface area contributed by atoms with Crippen molar-refractivity contribution >= 4 is 18.3 Å². The van der Waals surface area contributed by atoms with Gasteiger partial charge in [-0.3, -0.25) is 4.79 Å². The average molecular weight is 264 g/mol. The van der Waals surface area contributed by atoms with Crippen molar-refractivity contribution in [3.05, 3.63) is 40.7 Å². The highest BCUT2D eigenvalue weighted by Gasteiger charge is 2.17. The number of halogens is 1. The Morgan fingerprint density at radius 1 is 1.26 bits per heavy atom. The number of hydrogen-bond donors (Lipinski definition) is 0. The van der Waals surface area contributed by atoms with E-state index in [1.807, 2.05) is 0 Å². The number of benzene rings is 1. The molecule has 0 unspecified atom stereocenters. The summed E-state index contributed by atoms with van der Waals surface area (Å²) in [6.07, 6.45) is 1.81. The summed E-state index contributed by atoms with van der Waals surface area (Å²) in [5, 5.41) is 0. The molecule has 0 saturated carbocycles. The predicted molar refractivity (Wildman–Crippen MR) is 71.3 cm³/mol. The molecule has 0 fully saturated rings. The van der Waals surface area contributed by atoms with Gasteiger partial charge in [0.25, 0.3) is 0 Å². The molecule has 0 heterocycles. The summed E-state index contributed by atoms with van der Waals surface area (Å²) >= 11 is 0. The van der Waals surface area contributed by atoms with Crippen molar-refractivity contribution in [3.8, 4) is 0 Å². The molecule has 3 nitrogen and oxygen atoms in total. The molecule has 1 rings (SSSR count). The molecular formula is C15H17FO3. The fourth-order valence-corrected chi connectivity index (χ4v) is 1.42. The summed E-state index contributed by atoms with van der Waals surface area (Å²) in [5.41, 5.74) is -0.175. The minimum absolute atomic E-state index is 0.0364. The molecule has 0 amide bonds. The molecule has 102 valence electrons. The van der Waals surface area contributed by atoms with Crippen LogP contribution in [-0.2, 0) is 9.53 Å². The Morgan fingerprint density at radius 2 is 1.84 bits per heavy atom. The van der Waals surface area contributed by atoms with Gasteiger partial charge in [-0.1, -0.05) is 12.1 Å². The molecule has 1 aromatic carbocycles. The van der Waals surface area contributed by atoms with Crippen LogP contribution in [0.2, 0.25) is 0 Å². The molecule has 0 bridgehead atoms. The zero-order valence-electron chi connectivity index (χ0n) is 11.5. The lowest BCUT2D eigenvalue weighted by Gasteiger charge is -2.19. The number of carbonyl (C=O) groups is 2. The van der Waals surface area contributed by atoms with E-state index in [-0.39, 0.29) is 16.7 Å². The molecule has 1 aromatic rings. The lowest BCUT2D eigenvalue weighted by molar-refractivity contribution is -0.149. The van der Waals surface area contributed by atoms with Crippen LogP contribution in [0.4, 0.5) is 4.39 Å². The number of rotatable bonds is 3. The van der Waals surface area contributed by atoms with E-state index >= 15 is 0 Å². The maximum atomic E-state index is 13.8. The van der Waals surface area contributed by atoms with E-state index in [1.54, 1.807) is 33.8 Å². The van der Waals surface area contributed by atoms with E-state index in [1.165, 1.54) is 18.2 Å². The van der Waals surface area contributed by atoms with Gasteiger partial charge in [-0.2, -0.15) is 0 Å². The number of aldehydes is 1. The molecule has 0 aliphatic rings. The molecule has 0 aliphatic heterocycles. The summed E-state index contributed by atoms with van der Waals surface area (Å²) in [6.45, 7) is 6.81. The third kappa shape index (κ3) is 4.32. The summed E-state index contributed by atoms with van der Waals surface area (Å²) in [4.78, 5) is 22.4. The molecule has 0 aliphatic carbocycles. The van der Waals surface area contributed by atoms with Gasteiger partial charge in [0.05, 0.1) is 5.56 Å². The molecule has 0 atom stereocenters. The maximum absolute atomic E-state index is 13.8. The second-order valence-corrected chi connectivity index (χ2v) is 5.20. The molecule has 4 heteroatoms. The Hall–Kier alpha value is -1.97. The molecular weight excluding hydrogens is 247 g/mol. The first kappa shape index (κ1) is 15.1. The minimum atomic E-state index is -0.639. The van der Waals surface area contributed by atoms with Crippen molar-refractivity contribution in [2.75, 3.05) is 0 Å². The molecule has 19 heavy (non-hydrogen) atoms. The highest BCUT2D eigenvalue weighted by Crippen LogP contribution is 2.17. The highest BCUT2D eigenvalue weighted by atomic mass is 19.1. The van der Waals surface area contributed by atoms with Crippen LogP contribution in [0.1, 0.15) is 43.6 Å². The van der Waals surface area contributed by atoms with Gasteiger partial charge in [0.15, 0.2) is 6.29 Å². The quantitative estimate of drug-likeness (QED) is 0.477. The Kier molecular flexibility index (Phi) is 4.59. The Labute approximate surface area is 112 Å². The molecule has 0 N–H and O–H groups in total. The Balaban J connectivity index is 3.03. The third-order valence-electron chi connectivity index (χ3n) is 2.28. The average Bonchev–Trinajstić information content (AvgIpc) is 2.29. The van der Waals surface area contributed by atoms with Gasteiger partial charge >= 0.3 is 5.97 Å². The lowest BCUT2D eigenvalue weighted by atomic mass is 10.1. The smallest absolute Gasteiger partial charge is 0.334 e. The van der Waals surface area contributed by atoms with Crippen molar-refractivity contribution in [2.24, 2.45) is 0 Å². The van der Waals surface area contributed by atoms with Gasteiger partial charge in [-0.15, -0.1) is 0 Å². The second kappa shape index (κ2) is 5.78. The van der Waals surface area contributed by atoms with Crippen molar-refractivity contribution in [1.82, 2.24) is 0 Å². The Morgan fingerprint density at radius 3 is 2.37 bits per heavy atom. The van der Waals surface area contributed by atoms with Crippen molar-refractivity contribution in [3.63, 3.8) is 0 Å². The van der Waals surface area contributed by atoms with Crippen LogP contribution in [-0.4, -0.2) is 17.9 Å². The number of hydrogen-bond acceptors (Lipinski definition) is 3. The molecule has 0 aromatic heterocycles. The zero-order valence-corrected chi connectivity index (χ0v) is 11.5. The summed E-state index contributed by atoms with van der Waals surface area (Å²) in [6, 6.07) is 4.43. The van der Waals surface area contributed by atoms with E-state index in [0.29, 0.717) is 6.29 Å². The number of ether oxygens (including phenoxy) is 1. The first-order chi connectivity index (χ1) is 8.74. The van der Waals surface area contributed by atoms with Crippen molar-refractivity contribution < 1.29 is 18.7 Å². The fourth-order valence-electron chi connectivity index (χ4n) is 1.42. The number of esters is 1. The number of carbonyl (C=O) groups excluding carboxylic acids is 2. The monoisotopic (exact) mass is 264 g/mol. The van der Waals surface area contributed by atoms with Gasteiger partial charge in [-0.05, 0) is 39.8 Å². The van der Waals surface area contributed by atoms with E-state index in [9.17, 15) is 14.0 Å². The van der Waals surface area contributed by atoms with Crippen LogP contribution in [0.3, 0.4) is 0 Å². The van der Waals surface area contributed by atoms with Crippen LogP contribution < -0.4 is 0 Å². The van der Waals surface area contributed by atoms with Crippen LogP contribution in [0.5, 0.6) is 0 Å². The molecule has 0 radical (unpaired) electrons. The first-order valence-corrected chi connectivity index (χ1v) is 5.90. The van der Waals surface area contributed by atoms with Gasteiger partial charge in [0.1, 0.15) is 11.4 Å². The second-order valence-electron chi connectivity index (χ2n) is 5.20. The van der Waals surface area contributed by atoms with Gasteiger partial charge in [0.2, 0.25) is 0 Å². The largest absolute Gasteiger partial charge is 0.457 e. The normalized spacial score (nSPS) is 12.2. The van der Waals surface area contributed by atoms with Gasteiger partial charge in [0, 0.05) is 11.1 Å². The summed E-state index contributed by atoms with van der Waals surface area (Å²) in [5.74, 6) is -1.15. The van der Waals surface area contributed by atoms with Gasteiger partial charge in [-0.25, -0.2) is 9.18 Å². The fraction of sp³-hybridized carbons (Fsp3) is 0.333. The summed E-state index contributed by atoms with van der Waals surface area (Å²) < 4.78 is 19.0. The third-order valence-corrected chi connectivity index (χ3v) is 2.28. The first-order valence-electron chi connectivity index (χ1n) is 5.90. The zero-order chi connectivity index (χ0) is 14.6. The summed E-state index contributed by atoms with van der Waals surface area (Å²) in [7, 11) is 0. The van der Waals surface area contributed by atoms with E-state index < -0.39 is 17.4 Å². The highest BCUT2D eigenvalue weighted by molar-refractivity contribution is 5.93. The van der Waals surface area contributed by atoms with Crippen LogP contribution >= 0.6 is 0 Å². The minimum Gasteiger partial charge on any atom is -0.457 e. The van der Waals surface area contributed by atoms with Gasteiger partial charge < -0.3 is 4.74 Å². The lowest BCUT2D eigenvalue weighted by Crippen LogP contribution is -2.24. The van der Waals surface area contributed by atoms with E-state index in [0.717, 1.165) is 0 Å². The SMILES string of the molecule is C/C(=C\c1cccc(C=O)c1F)C(=O)OC(C)(C)C. The van der Waals surface area contributed by atoms with E-state index in [2.05, 4.69) is 0 Å². The van der Waals surface area contributed by atoms with Crippen molar-refractivity contribution in [2.45, 2.75) is 33.3 Å². The standard InChI is InChI=1S/C15H17FO3/c1-10(14(18)19-15(2,3)4)8-11-6-5-7-12(9-17)13(11)16/h5-9H,1-4H3/b10-8+. The maximum Gasteiger partial charge on any atom is 0.334 e. The molecule has 0 spiro atoms. The topological polar surface area (TPSA) is 43.4 Å². The molecule has 0 saturated heterocycles. The Bertz CT molecular complexity index is 525. The predicted octanol–water partition coefficient (Wildman–Crippen LogP) is 3.38. The van der Waals surface area contributed by atoms with Crippen molar-refractivity contribution in [1.29, 1.82) is 0 Å². The van der Waals surface area contributed by atoms with E-state index in [4.69, 9.17) is 4.74 Å². The van der Waals surface area contributed by atoms with Crippen LogP contribution in [0, 0.1) is 5.82 Å². The van der Waals surface area contributed by atoms with Crippen LogP contribution in [0.15, 0.2) is 23.8 Å².